The monoisotopic (exact) mass is 377 g/mol. The molecule has 0 unspecified atom stereocenters. The Bertz CT molecular complexity index is 1030. The summed E-state index contributed by atoms with van der Waals surface area (Å²) in [5, 5.41) is 0.182. The number of esters is 1. The minimum Gasteiger partial charge on any atom is -0.465 e. The predicted octanol–water partition coefficient (Wildman–Crippen LogP) is 3.22. The molecule has 7 heteroatoms. The second kappa shape index (κ2) is 8.25. The molecule has 3 rings (SSSR count). The molecule has 1 heterocycles. The van der Waals surface area contributed by atoms with Crippen molar-refractivity contribution in [1.82, 2.24) is 9.97 Å². The first kappa shape index (κ1) is 18.3. The highest BCUT2D eigenvalue weighted by Crippen LogP contribution is 2.21. The molecule has 6 nitrogen and oxygen atoms in total. The Hall–Kier alpha value is -3.50. The summed E-state index contributed by atoms with van der Waals surface area (Å²) in [5.41, 5.74) is 2.59. The molecule has 0 aliphatic rings. The predicted molar refractivity (Wildman–Crippen MR) is 107 cm³/mol. The number of anilines is 1. The van der Waals surface area contributed by atoms with Gasteiger partial charge in [0.25, 0.3) is 5.17 Å². The average molecular weight is 377 g/mol. The minimum absolute atomic E-state index is 0.182. The van der Waals surface area contributed by atoms with Crippen LogP contribution in [0.1, 0.15) is 10.4 Å². The van der Waals surface area contributed by atoms with Crippen molar-refractivity contribution < 1.29 is 14.3 Å². The molecule has 27 heavy (non-hydrogen) atoms. The lowest BCUT2D eigenvalue weighted by Gasteiger charge is -2.22. The number of terminal acetylenes is 1. The first-order valence-corrected chi connectivity index (χ1v) is 8.35. The van der Waals surface area contributed by atoms with E-state index in [1.54, 1.807) is 59.8 Å². The van der Waals surface area contributed by atoms with Gasteiger partial charge in [0.2, 0.25) is 0 Å². The van der Waals surface area contributed by atoms with E-state index in [9.17, 15) is 4.79 Å². The molecule has 0 fully saturated rings. The zero-order valence-electron chi connectivity index (χ0n) is 14.5. The fourth-order valence-electron chi connectivity index (χ4n) is 2.41. The van der Waals surface area contributed by atoms with E-state index in [2.05, 4.69) is 15.9 Å². The van der Waals surface area contributed by atoms with Gasteiger partial charge in [-0.25, -0.2) is 4.79 Å². The van der Waals surface area contributed by atoms with Gasteiger partial charge in [-0.05, 0) is 48.6 Å². The van der Waals surface area contributed by atoms with Crippen LogP contribution in [0.2, 0.25) is 0 Å². The minimum atomic E-state index is -0.416. The van der Waals surface area contributed by atoms with E-state index < -0.39 is 5.97 Å². The topological polar surface area (TPSA) is 64.5 Å². The highest BCUT2D eigenvalue weighted by atomic mass is 32.1. The van der Waals surface area contributed by atoms with Crippen molar-refractivity contribution >= 4 is 40.1 Å². The maximum Gasteiger partial charge on any atom is 0.337 e. The Morgan fingerprint density at radius 1 is 1.15 bits per heavy atom. The number of hydrogen-bond donors (Lipinski definition) is 0. The molecule has 0 aliphatic carbocycles. The number of hydrogen-bond acceptors (Lipinski definition) is 6. The van der Waals surface area contributed by atoms with Gasteiger partial charge in [0.05, 0.1) is 30.3 Å². The van der Waals surface area contributed by atoms with E-state index in [4.69, 9.17) is 28.1 Å². The Labute approximate surface area is 161 Å². The van der Waals surface area contributed by atoms with Gasteiger partial charge in [0.1, 0.15) is 5.75 Å². The molecule has 2 aromatic carbocycles. The van der Waals surface area contributed by atoms with Gasteiger partial charge in [-0.15, -0.1) is 6.42 Å². The van der Waals surface area contributed by atoms with Gasteiger partial charge in [-0.3, -0.25) is 14.9 Å². The molecule has 0 amide bonds. The van der Waals surface area contributed by atoms with Crippen LogP contribution in [-0.4, -0.2) is 34.8 Å². The normalized spacial score (nSPS) is 10.1. The maximum absolute atomic E-state index is 11.6. The van der Waals surface area contributed by atoms with Gasteiger partial charge in [0, 0.05) is 24.1 Å². The van der Waals surface area contributed by atoms with E-state index in [-0.39, 0.29) is 11.7 Å². The van der Waals surface area contributed by atoms with Crippen molar-refractivity contribution in [3.8, 4) is 18.1 Å². The maximum atomic E-state index is 11.6. The van der Waals surface area contributed by atoms with Gasteiger partial charge in [-0.2, -0.15) is 0 Å². The number of methoxy groups -OCH3 is 1. The van der Waals surface area contributed by atoms with Gasteiger partial charge in [0.15, 0.2) is 0 Å². The molecule has 0 bridgehead atoms. The summed E-state index contributed by atoms with van der Waals surface area (Å²) < 4.78 is 10.5. The number of nitrogens with zero attached hydrogens (tertiary/aromatic N) is 3. The van der Waals surface area contributed by atoms with Crippen molar-refractivity contribution in [3.63, 3.8) is 0 Å². The molecular weight excluding hydrogens is 362 g/mol. The summed E-state index contributed by atoms with van der Waals surface area (Å²) in [6.45, 7) is 0.212. The highest BCUT2D eigenvalue weighted by Gasteiger charge is 2.15. The number of ether oxygens (including phenoxy) is 2. The zero-order valence-corrected chi connectivity index (χ0v) is 15.3. The van der Waals surface area contributed by atoms with E-state index >= 15 is 0 Å². The molecular formula is C20H15N3O3S. The third kappa shape index (κ3) is 4.19. The van der Waals surface area contributed by atoms with Gasteiger partial charge < -0.3 is 9.47 Å². The van der Waals surface area contributed by atoms with E-state index in [0.717, 1.165) is 5.52 Å². The van der Waals surface area contributed by atoms with E-state index in [0.29, 0.717) is 22.5 Å². The van der Waals surface area contributed by atoms with Crippen LogP contribution in [0, 0.1) is 12.3 Å². The smallest absolute Gasteiger partial charge is 0.337 e. The van der Waals surface area contributed by atoms with Crippen molar-refractivity contribution in [2.75, 3.05) is 18.6 Å². The molecule has 0 atom stereocenters. The lowest BCUT2D eigenvalue weighted by Crippen LogP contribution is -2.33. The van der Waals surface area contributed by atoms with Gasteiger partial charge in [-0.1, -0.05) is 5.92 Å². The van der Waals surface area contributed by atoms with Crippen LogP contribution in [0.25, 0.3) is 11.0 Å². The number of thiocarbonyl (C=S) groups is 1. The van der Waals surface area contributed by atoms with Crippen LogP contribution in [0.4, 0.5) is 5.69 Å². The summed E-state index contributed by atoms with van der Waals surface area (Å²) in [5.74, 6) is 2.67. The molecule has 0 radical (unpaired) electrons. The second-order valence-corrected chi connectivity index (χ2v) is 5.75. The molecule has 0 spiro atoms. The van der Waals surface area contributed by atoms with Crippen molar-refractivity contribution in [3.05, 3.63) is 60.4 Å². The number of carbonyl (C=O) groups excluding carboxylic acids is 1. The second-order valence-electron chi connectivity index (χ2n) is 5.40. The SMILES string of the molecule is C#CCN(C(=S)Oc1ccc2nccnc2c1)c1ccc(C(=O)OC)cc1. The van der Waals surface area contributed by atoms with E-state index in [1.165, 1.54) is 7.11 Å². The zero-order chi connectivity index (χ0) is 19.2. The Kier molecular flexibility index (Phi) is 5.59. The van der Waals surface area contributed by atoms with Crippen LogP contribution < -0.4 is 9.64 Å². The molecule has 0 saturated carbocycles. The quantitative estimate of drug-likeness (QED) is 0.393. The molecule has 134 valence electrons. The standard InChI is InChI=1S/C20H15N3O3S/c1-3-12-23(15-6-4-14(5-7-15)19(24)25-2)20(27)26-16-8-9-17-18(13-16)22-11-10-21-17/h1,4-11,13H,12H2,2H3. The van der Waals surface area contributed by atoms with Crippen molar-refractivity contribution in [2.24, 2.45) is 0 Å². The third-order valence-corrected chi connectivity index (χ3v) is 4.02. The lowest BCUT2D eigenvalue weighted by atomic mass is 10.2. The van der Waals surface area contributed by atoms with Crippen LogP contribution >= 0.6 is 12.2 Å². The van der Waals surface area contributed by atoms with Crippen LogP contribution in [-0.2, 0) is 4.74 Å². The summed E-state index contributed by atoms with van der Waals surface area (Å²) in [6, 6.07) is 12.0. The molecule has 1 aromatic heterocycles. The molecule has 0 N–H and O–H groups in total. The first-order valence-electron chi connectivity index (χ1n) is 7.94. The van der Waals surface area contributed by atoms with E-state index in [1.807, 2.05) is 0 Å². The lowest BCUT2D eigenvalue weighted by molar-refractivity contribution is 0.0601. The fraction of sp³-hybridized carbons (Fsp3) is 0.100. The van der Waals surface area contributed by atoms with Crippen molar-refractivity contribution in [1.29, 1.82) is 0 Å². The van der Waals surface area contributed by atoms with Crippen LogP contribution in [0.5, 0.6) is 5.75 Å². The summed E-state index contributed by atoms with van der Waals surface area (Å²) in [4.78, 5) is 21.7. The summed E-state index contributed by atoms with van der Waals surface area (Å²) >= 11 is 5.42. The Balaban J connectivity index is 1.82. The Morgan fingerprint density at radius 3 is 2.52 bits per heavy atom. The molecule has 0 saturated heterocycles. The first-order chi connectivity index (χ1) is 13.1. The summed E-state index contributed by atoms with van der Waals surface area (Å²) in [6.07, 6.45) is 8.71. The van der Waals surface area contributed by atoms with Crippen molar-refractivity contribution in [2.45, 2.75) is 0 Å². The highest BCUT2D eigenvalue weighted by molar-refractivity contribution is 7.80. The average Bonchev–Trinajstić information content (AvgIpc) is 2.71. The van der Waals surface area contributed by atoms with Crippen LogP contribution in [0.3, 0.4) is 0 Å². The number of aromatic nitrogens is 2. The summed E-state index contributed by atoms with van der Waals surface area (Å²) in [7, 11) is 1.33. The third-order valence-electron chi connectivity index (χ3n) is 3.72. The number of carbonyl (C=O) groups is 1. The van der Waals surface area contributed by atoms with Crippen LogP contribution in [0.15, 0.2) is 54.9 Å². The molecule has 3 aromatic rings. The van der Waals surface area contributed by atoms with Gasteiger partial charge >= 0.3 is 5.97 Å². The number of rotatable bonds is 4. The number of fused-ring (bicyclic) bond motifs is 1. The number of benzene rings is 2. The fourth-order valence-corrected chi connectivity index (χ4v) is 2.68. The molecule has 0 aliphatic heterocycles. The largest absolute Gasteiger partial charge is 0.465 e. The Morgan fingerprint density at radius 2 is 1.85 bits per heavy atom.